The molecule has 1 unspecified atom stereocenters. The number of aliphatic hydroxyl groups excluding tert-OH is 1. The van der Waals surface area contributed by atoms with Crippen molar-refractivity contribution in [2.75, 3.05) is 13.7 Å². The zero-order chi connectivity index (χ0) is 16.2. The van der Waals surface area contributed by atoms with Crippen LogP contribution in [0.15, 0.2) is 24.4 Å². The number of hydrogen-bond acceptors (Lipinski definition) is 3. The molecule has 1 aromatic carbocycles. The summed E-state index contributed by atoms with van der Waals surface area (Å²) in [6.45, 7) is 4.03. The smallest absolute Gasteiger partial charge is 0.224 e. The highest BCUT2D eigenvalue weighted by Gasteiger charge is 2.24. The second-order valence-electron chi connectivity index (χ2n) is 5.84. The Labute approximate surface area is 130 Å². The average Bonchev–Trinajstić information content (AvgIpc) is 2.89. The zero-order valence-electron chi connectivity index (χ0n) is 13.4. The Morgan fingerprint density at radius 2 is 2.23 bits per heavy atom. The number of aliphatic hydroxyl groups is 1. The third-order valence-corrected chi connectivity index (χ3v) is 4.21. The van der Waals surface area contributed by atoms with E-state index in [-0.39, 0.29) is 18.1 Å². The molecule has 2 rings (SSSR count). The highest BCUT2D eigenvalue weighted by molar-refractivity contribution is 5.89. The Kier molecular flexibility index (Phi) is 5.08. The van der Waals surface area contributed by atoms with Gasteiger partial charge in [-0.1, -0.05) is 6.92 Å². The number of hydrogen-bond donors (Lipinski definition) is 3. The van der Waals surface area contributed by atoms with Crippen LogP contribution in [0, 0.1) is 0 Å². The highest BCUT2D eigenvalue weighted by atomic mass is 16.5. The third kappa shape index (κ3) is 3.60. The number of rotatable bonds is 7. The molecule has 5 nitrogen and oxygen atoms in total. The first-order chi connectivity index (χ1) is 10.5. The van der Waals surface area contributed by atoms with Gasteiger partial charge in [-0.25, -0.2) is 0 Å². The maximum absolute atomic E-state index is 12.3. The Morgan fingerprint density at radius 3 is 2.86 bits per heavy atom. The molecule has 1 aromatic heterocycles. The first kappa shape index (κ1) is 16.4. The number of methoxy groups -OCH3 is 1. The number of benzene rings is 1. The Hall–Kier alpha value is -2.01. The van der Waals surface area contributed by atoms with E-state index in [0.29, 0.717) is 12.8 Å². The van der Waals surface area contributed by atoms with Crippen molar-refractivity contribution in [3.8, 4) is 5.75 Å². The fraction of sp³-hybridized carbons (Fsp3) is 0.471. The van der Waals surface area contributed by atoms with Crippen molar-refractivity contribution in [1.29, 1.82) is 0 Å². The number of nitrogens with one attached hydrogen (secondary N) is 2. The number of aromatic nitrogens is 1. The van der Waals surface area contributed by atoms with E-state index in [1.807, 2.05) is 38.2 Å². The lowest BCUT2D eigenvalue weighted by molar-refractivity contribution is -0.122. The molecule has 0 saturated heterocycles. The second kappa shape index (κ2) is 6.83. The number of carbonyl (C=O) groups excluding carboxylic acids is 1. The lowest BCUT2D eigenvalue weighted by atomic mass is 9.94. The van der Waals surface area contributed by atoms with Gasteiger partial charge in [0.15, 0.2) is 0 Å². The SMILES string of the molecule is CCC(C)(CCO)NC(=O)Cc1c[nH]c2ccc(OC)cc12. The normalized spacial score (nSPS) is 13.8. The summed E-state index contributed by atoms with van der Waals surface area (Å²) in [6.07, 6.45) is 3.49. The summed E-state index contributed by atoms with van der Waals surface area (Å²) in [5, 5.41) is 13.2. The zero-order valence-corrected chi connectivity index (χ0v) is 13.4. The molecular formula is C17H24N2O3. The molecule has 0 radical (unpaired) electrons. The number of H-pyrrole nitrogens is 1. The summed E-state index contributed by atoms with van der Waals surface area (Å²) in [7, 11) is 1.63. The molecular weight excluding hydrogens is 280 g/mol. The first-order valence-corrected chi connectivity index (χ1v) is 7.57. The molecule has 0 aliphatic rings. The molecule has 0 aliphatic heterocycles. The van der Waals surface area contributed by atoms with Crippen molar-refractivity contribution in [2.45, 2.75) is 38.6 Å². The van der Waals surface area contributed by atoms with Crippen LogP contribution in [0.4, 0.5) is 0 Å². The lowest BCUT2D eigenvalue weighted by Gasteiger charge is -2.29. The summed E-state index contributed by atoms with van der Waals surface area (Å²) < 4.78 is 5.24. The minimum Gasteiger partial charge on any atom is -0.497 e. The van der Waals surface area contributed by atoms with Gasteiger partial charge < -0.3 is 20.1 Å². The van der Waals surface area contributed by atoms with E-state index in [0.717, 1.165) is 28.6 Å². The molecule has 0 spiro atoms. The Morgan fingerprint density at radius 1 is 1.45 bits per heavy atom. The van der Waals surface area contributed by atoms with E-state index in [1.54, 1.807) is 7.11 Å². The van der Waals surface area contributed by atoms with Crippen LogP contribution in [0.3, 0.4) is 0 Å². The van der Waals surface area contributed by atoms with Crippen LogP contribution in [0.2, 0.25) is 0 Å². The molecule has 5 heteroatoms. The Balaban J connectivity index is 2.14. The minimum atomic E-state index is -0.365. The maximum atomic E-state index is 12.3. The van der Waals surface area contributed by atoms with Crippen LogP contribution >= 0.6 is 0 Å². The number of amides is 1. The first-order valence-electron chi connectivity index (χ1n) is 7.57. The van der Waals surface area contributed by atoms with E-state index in [9.17, 15) is 4.79 Å². The fourth-order valence-electron chi connectivity index (χ4n) is 2.56. The van der Waals surface area contributed by atoms with Crippen LogP contribution in [0.25, 0.3) is 10.9 Å². The van der Waals surface area contributed by atoms with Gasteiger partial charge in [-0.3, -0.25) is 4.79 Å². The highest BCUT2D eigenvalue weighted by Crippen LogP contribution is 2.24. The number of aromatic amines is 1. The summed E-state index contributed by atoms with van der Waals surface area (Å²) in [5.41, 5.74) is 1.56. The van der Waals surface area contributed by atoms with Gasteiger partial charge in [-0.15, -0.1) is 0 Å². The summed E-state index contributed by atoms with van der Waals surface area (Å²) in [4.78, 5) is 15.5. The molecule has 0 bridgehead atoms. The van der Waals surface area contributed by atoms with E-state index in [4.69, 9.17) is 9.84 Å². The molecule has 0 fully saturated rings. The van der Waals surface area contributed by atoms with Crippen LogP contribution in [0.1, 0.15) is 32.3 Å². The largest absolute Gasteiger partial charge is 0.497 e. The van der Waals surface area contributed by atoms with E-state index in [2.05, 4.69) is 10.3 Å². The van der Waals surface area contributed by atoms with Crippen molar-refractivity contribution >= 4 is 16.8 Å². The third-order valence-electron chi connectivity index (χ3n) is 4.21. The predicted molar refractivity (Wildman–Crippen MR) is 87.1 cm³/mol. The molecule has 0 aliphatic carbocycles. The average molecular weight is 304 g/mol. The van der Waals surface area contributed by atoms with Crippen LogP contribution in [0.5, 0.6) is 5.75 Å². The quantitative estimate of drug-likeness (QED) is 0.735. The van der Waals surface area contributed by atoms with Crippen molar-refractivity contribution in [3.05, 3.63) is 30.0 Å². The topological polar surface area (TPSA) is 74.4 Å². The van der Waals surface area contributed by atoms with Crippen molar-refractivity contribution in [1.82, 2.24) is 10.3 Å². The molecule has 2 aromatic rings. The van der Waals surface area contributed by atoms with E-state index in [1.165, 1.54) is 0 Å². The van der Waals surface area contributed by atoms with Gasteiger partial charge in [0.25, 0.3) is 0 Å². The molecule has 1 amide bonds. The standard InChI is InChI=1S/C17H24N2O3/c1-4-17(2,7-8-20)19-16(21)9-12-11-18-15-6-5-13(22-3)10-14(12)15/h5-6,10-11,18,20H,4,7-9H2,1-3H3,(H,19,21). The molecule has 1 atom stereocenters. The van der Waals surface area contributed by atoms with Gasteiger partial charge in [0.1, 0.15) is 5.75 Å². The molecule has 0 saturated carbocycles. The van der Waals surface area contributed by atoms with Gasteiger partial charge in [0, 0.05) is 29.2 Å². The van der Waals surface area contributed by atoms with Crippen molar-refractivity contribution in [3.63, 3.8) is 0 Å². The van der Waals surface area contributed by atoms with Gasteiger partial charge in [0.05, 0.1) is 13.5 Å². The van der Waals surface area contributed by atoms with Crippen molar-refractivity contribution < 1.29 is 14.6 Å². The minimum absolute atomic E-state index is 0.0403. The van der Waals surface area contributed by atoms with Crippen LogP contribution in [-0.4, -0.2) is 35.3 Å². The van der Waals surface area contributed by atoms with E-state index >= 15 is 0 Å². The monoisotopic (exact) mass is 304 g/mol. The molecule has 1 heterocycles. The summed E-state index contributed by atoms with van der Waals surface area (Å²) in [6, 6.07) is 5.76. The maximum Gasteiger partial charge on any atom is 0.224 e. The summed E-state index contributed by atoms with van der Waals surface area (Å²) >= 11 is 0. The van der Waals surface area contributed by atoms with E-state index < -0.39 is 0 Å². The summed E-state index contributed by atoms with van der Waals surface area (Å²) in [5.74, 6) is 0.731. The van der Waals surface area contributed by atoms with Crippen LogP contribution < -0.4 is 10.1 Å². The second-order valence-corrected chi connectivity index (χ2v) is 5.84. The fourth-order valence-corrected chi connectivity index (χ4v) is 2.56. The predicted octanol–water partition coefficient (Wildman–Crippen LogP) is 2.39. The molecule has 3 N–H and O–H groups in total. The van der Waals surface area contributed by atoms with Gasteiger partial charge >= 0.3 is 0 Å². The number of ether oxygens (including phenoxy) is 1. The van der Waals surface area contributed by atoms with Gasteiger partial charge in [-0.05, 0) is 43.5 Å². The molecule has 120 valence electrons. The number of carbonyl (C=O) groups is 1. The van der Waals surface area contributed by atoms with Crippen LogP contribution in [-0.2, 0) is 11.2 Å². The Bertz CT molecular complexity index is 650. The van der Waals surface area contributed by atoms with Crippen molar-refractivity contribution in [2.24, 2.45) is 0 Å². The lowest BCUT2D eigenvalue weighted by Crippen LogP contribution is -2.46. The molecule has 22 heavy (non-hydrogen) atoms. The number of fused-ring (bicyclic) bond motifs is 1. The van der Waals surface area contributed by atoms with Gasteiger partial charge in [0.2, 0.25) is 5.91 Å². The van der Waals surface area contributed by atoms with Gasteiger partial charge in [-0.2, -0.15) is 0 Å².